The van der Waals surface area contributed by atoms with Crippen molar-refractivity contribution in [2.75, 3.05) is 0 Å². The van der Waals surface area contributed by atoms with E-state index in [9.17, 15) is 4.79 Å². The van der Waals surface area contributed by atoms with E-state index in [-0.39, 0.29) is 45.7 Å². The summed E-state index contributed by atoms with van der Waals surface area (Å²) in [5, 5.41) is 0. The number of hydrogen-bond acceptors (Lipinski definition) is 2. The number of thiazole rings is 1. The Kier molecular flexibility index (Phi) is 8.32. The Hall–Kier alpha value is 0.274. The van der Waals surface area contributed by atoms with Crippen LogP contribution in [0.25, 0.3) is 12.7 Å². The normalized spacial score (nSPS) is 10.2. The molecule has 1 rings (SSSR count). The SMILES string of the molecule is C=c1[n-]c(=O)/c(=C/CC)s1.[CH3-].[Y]. The van der Waals surface area contributed by atoms with Crippen LogP contribution in [-0.2, 0) is 32.7 Å². The molecule has 1 aromatic heterocycles. The number of hydrogen-bond donors (Lipinski definition) is 0. The summed E-state index contributed by atoms with van der Waals surface area (Å²) in [6, 6.07) is 0. The number of rotatable bonds is 1. The zero-order valence-electron chi connectivity index (χ0n) is 7.33. The molecule has 0 aliphatic heterocycles. The van der Waals surface area contributed by atoms with Gasteiger partial charge in [-0.05, 0) is 6.42 Å². The third-order valence-electron chi connectivity index (χ3n) is 1.05. The Labute approximate surface area is 101 Å². The first-order valence-electron chi connectivity index (χ1n) is 3.07. The molecule has 0 saturated heterocycles. The first kappa shape index (κ1) is 14.8. The third kappa shape index (κ3) is 3.79. The molecule has 1 radical (unpaired) electrons. The van der Waals surface area contributed by atoms with Gasteiger partial charge < -0.3 is 17.2 Å². The molecule has 1 heterocycles. The van der Waals surface area contributed by atoms with Crippen molar-refractivity contribution < 1.29 is 32.7 Å². The number of aromatic nitrogens is 1. The van der Waals surface area contributed by atoms with E-state index in [1.54, 1.807) is 0 Å². The topological polar surface area (TPSA) is 31.2 Å². The first-order chi connectivity index (χ1) is 4.74. The second-order valence-electron chi connectivity index (χ2n) is 1.89. The Morgan fingerprint density at radius 3 is 2.58 bits per heavy atom. The first-order valence-corrected chi connectivity index (χ1v) is 3.88. The van der Waals surface area contributed by atoms with Gasteiger partial charge in [0.1, 0.15) is 0 Å². The molecule has 0 aliphatic rings. The zero-order chi connectivity index (χ0) is 7.56. The van der Waals surface area contributed by atoms with Crippen LogP contribution >= 0.6 is 11.3 Å². The summed E-state index contributed by atoms with van der Waals surface area (Å²) < 4.78 is 1.32. The fraction of sp³-hybridized carbons (Fsp3) is 0.250. The van der Waals surface area contributed by atoms with Crippen molar-refractivity contribution in [1.82, 2.24) is 4.98 Å². The van der Waals surface area contributed by atoms with Crippen LogP contribution in [0.4, 0.5) is 0 Å². The molecule has 65 valence electrons. The molecule has 0 amide bonds. The monoisotopic (exact) mass is 258 g/mol. The Morgan fingerprint density at radius 1 is 1.67 bits per heavy atom. The van der Waals surface area contributed by atoms with Crippen molar-refractivity contribution in [3.8, 4) is 0 Å². The van der Waals surface area contributed by atoms with Crippen molar-refractivity contribution >= 4 is 24.0 Å². The molecule has 0 N–H and O–H groups in total. The summed E-state index contributed by atoms with van der Waals surface area (Å²) in [7, 11) is 0. The minimum atomic E-state index is -0.142. The van der Waals surface area contributed by atoms with Gasteiger partial charge in [-0.2, -0.15) is 11.3 Å². The summed E-state index contributed by atoms with van der Waals surface area (Å²) in [6.07, 6.45) is 2.74. The second kappa shape index (κ2) is 6.75. The van der Waals surface area contributed by atoms with Crippen LogP contribution in [-0.4, -0.2) is 0 Å². The maximum Gasteiger partial charge on any atom is 0.0956 e. The fourth-order valence-electron chi connectivity index (χ4n) is 0.676. The van der Waals surface area contributed by atoms with Crippen LogP contribution < -0.4 is 19.7 Å². The van der Waals surface area contributed by atoms with Gasteiger partial charge in [0.2, 0.25) is 0 Å². The molecule has 0 unspecified atom stereocenters. The zero-order valence-corrected chi connectivity index (χ0v) is 11.0. The van der Waals surface area contributed by atoms with Gasteiger partial charge in [0.25, 0.3) is 0 Å². The quantitative estimate of drug-likeness (QED) is 0.670. The molecular weight excluding hydrogens is 247 g/mol. The van der Waals surface area contributed by atoms with E-state index in [0.29, 0.717) is 9.20 Å². The molecule has 0 fully saturated rings. The molecule has 12 heavy (non-hydrogen) atoms. The van der Waals surface area contributed by atoms with Crippen molar-refractivity contribution in [1.29, 1.82) is 0 Å². The van der Waals surface area contributed by atoms with Gasteiger partial charge in [0, 0.05) is 37.2 Å². The molecule has 0 atom stereocenters. The predicted octanol–water partition coefficient (Wildman–Crippen LogP) is 0.114. The van der Waals surface area contributed by atoms with Crippen molar-refractivity contribution in [3.05, 3.63) is 27.0 Å². The maximum absolute atomic E-state index is 10.9. The van der Waals surface area contributed by atoms with Gasteiger partial charge in [-0.15, -0.1) is 6.58 Å². The second-order valence-corrected chi connectivity index (χ2v) is 3.00. The van der Waals surface area contributed by atoms with E-state index in [1.165, 1.54) is 11.3 Å². The van der Waals surface area contributed by atoms with E-state index in [2.05, 4.69) is 11.6 Å². The minimum Gasteiger partial charge on any atom is -0.614 e. The van der Waals surface area contributed by atoms with Crippen LogP contribution in [0.3, 0.4) is 0 Å². The molecule has 0 saturated carbocycles. The summed E-state index contributed by atoms with van der Waals surface area (Å²) in [5.41, 5.74) is -0.142. The Bertz CT molecular complexity index is 365. The average molecular weight is 258 g/mol. The Balaban J connectivity index is 0. The van der Waals surface area contributed by atoms with Gasteiger partial charge >= 0.3 is 0 Å². The molecule has 0 spiro atoms. The molecule has 1 aromatic rings. The predicted molar refractivity (Wildman–Crippen MR) is 49.9 cm³/mol. The average Bonchev–Trinajstić information content (AvgIpc) is 2.13. The van der Waals surface area contributed by atoms with Crippen molar-refractivity contribution in [3.63, 3.8) is 0 Å². The van der Waals surface area contributed by atoms with Gasteiger partial charge in [0.15, 0.2) is 0 Å². The largest absolute Gasteiger partial charge is 0.614 e. The van der Waals surface area contributed by atoms with Crippen molar-refractivity contribution in [2.45, 2.75) is 13.3 Å². The summed E-state index contributed by atoms with van der Waals surface area (Å²) in [6.45, 7) is 5.56. The fourth-order valence-corrected chi connectivity index (χ4v) is 1.44. The molecule has 2 nitrogen and oxygen atoms in total. The molecule has 0 bridgehead atoms. The van der Waals surface area contributed by atoms with Gasteiger partial charge in [-0.3, -0.25) is 0 Å². The van der Waals surface area contributed by atoms with Crippen molar-refractivity contribution in [2.24, 2.45) is 0 Å². The van der Waals surface area contributed by atoms with Gasteiger partial charge in [-0.1, -0.05) is 17.7 Å². The van der Waals surface area contributed by atoms with E-state index in [1.807, 2.05) is 13.0 Å². The molecule has 0 aromatic carbocycles. The minimum absolute atomic E-state index is 0. The van der Waals surface area contributed by atoms with Crippen LogP contribution in [0.2, 0.25) is 0 Å². The maximum atomic E-state index is 10.9. The summed E-state index contributed by atoms with van der Waals surface area (Å²) in [4.78, 5) is 14.5. The van der Waals surface area contributed by atoms with Crippen LogP contribution in [0.1, 0.15) is 13.3 Å². The van der Waals surface area contributed by atoms with Gasteiger partial charge in [-0.25, -0.2) is 0 Å². The summed E-state index contributed by atoms with van der Waals surface area (Å²) in [5.74, 6) is 0. The van der Waals surface area contributed by atoms with E-state index in [0.717, 1.165) is 6.42 Å². The van der Waals surface area contributed by atoms with Crippen LogP contribution in [0.5, 0.6) is 0 Å². The third-order valence-corrected chi connectivity index (χ3v) is 1.94. The number of nitrogens with zero attached hydrogens (tertiary/aromatic N) is 1. The van der Waals surface area contributed by atoms with E-state index >= 15 is 0 Å². The van der Waals surface area contributed by atoms with E-state index < -0.39 is 0 Å². The standard InChI is InChI=1S/C7H9NOS.CH3.Y/c1-3-4-6-7(9)8-5(2)10-6;;/h4H,2-3H2,1H3,(H,8,9);1H3;/q;-1;/p-1/b6-4-;;. The van der Waals surface area contributed by atoms with Crippen LogP contribution in [0, 0.1) is 7.43 Å². The molecule has 0 aliphatic carbocycles. The summed E-state index contributed by atoms with van der Waals surface area (Å²) >= 11 is 1.35. The molecule has 4 heteroatoms. The smallest absolute Gasteiger partial charge is 0.0956 e. The van der Waals surface area contributed by atoms with Crippen LogP contribution in [0.15, 0.2) is 4.79 Å². The Morgan fingerprint density at radius 2 is 2.25 bits per heavy atom. The van der Waals surface area contributed by atoms with Gasteiger partial charge in [0.05, 0.1) is 5.56 Å². The molecular formula is C8H11NOSY-2. The van der Waals surface area contributed by atoms with E-state index in [4.69, 9.17) is 0 Å².